The smallest absolute Gasteiger partial charge is 0.302 e. The molecule has 1 aromatic rings. The van der Waals surface area contributed by atoms with Crippen LogP contribution < -0.4 is 10.1 Å². The number of carbonyl (C=O) groups excluding carboxylic acids is 1. The first kappa shape index (κ1) is 16.2. The van der Waals surface area contributed by atoms with E-state index >= 15 is 0 Å². The van der Waals surface area contributed by atoms with Crippen molar-refractivity contribution in [1.29, 1.82) is 0 Å². The van der Waals surface area contributed by atoms with Crippen molar-refractivity contribution >= 4 is 50.9 Å². The van der Waals surface area contributed by atoms with Crippen LogP contribution in [0.5, 0.6) is 0 Å². The van der Waals surface area contributed by atoms with E-state index in [4.69, 9.17) is 34.8 Å². The zero-order valence-corrected chi connectivity index (χ0v) is 13.7. The summed E-state index contributed by atoms with van der Waals surface area (Å²) in [6.07, 6.45) is 3.22. The first-order chi connectivity index (χ1) is 9.72. The third kappa shape index (κ3) is 3.37. The number of rotatable bonds is 2. The largest absolute Gasteiger partial charge is 0.350 e. The maximum Gasteiger partial charge on any atom is 0.350 e. The summed E-state index contributed by atoms with van der Waals surface area (Å²) in [6, 6.07) is 1.31. The lowest BCUT2D eigenvalue weighted by molar-refractivity contribution is 0.184. The van der Waals surface area contributed by atoms with Crippen LogP contribution in [0.25, 0.3) is 0 Å². The Morgan fingerprint density at radius 2 is 1.86 bits per heavy atom. The number of hydrogen-bond donors (Lipinski definition) is 2. The van der Waals surface area contributed by atoms with Crippen molar-refractivity contribution in [3.8, 4) is 0 Å². The number of halogens is 3. The Morgan fingerprint density at radius 3 is 2.33 bits per heavy atom. The summed E-state index contributed by atoms with van der Waals surface area (Å²) in [4.78, 5) is 11.6. The molecule has 0 spiro atoms. The maximum atomic E-state index is 12.2. The second-order valence-electron chi connectivity index (χ2n) is 4.21. The van der Waals surface area contributed by atoms with Gasteiger partial charge in [0, 0.05) is 11.2 Å². The summed E-state index contributed by atoms with van der Waals surface area (Å²) < 4.78 is 26.4. The molecule has 10 heteroatoms. The van der Waals surface area contributed by atoms with Crippen molar-refractivity contribution < 1.29 is 13.2 Å². The highest BCUT2D eigenvalue weighted by Gasteiger charge is 2.29. The maximum absolute atomic E-state index is 12.2. The molecule has 6 nitrogen and oxygen atoms in total. The van der Waals surface area contributed by atoms with Gasteiger partial charge in [0.2, 0.25) is 0 Å². The molecule has 2 rings (SSSR count). The van der Waals surface area contributed by atoms with E-state index in [2.05, 4.69) is 5.43 Å². The van der Waals surface area contributed by atoms with Crippen LogP contribution in [0.1, 0.15) is 6.92 Å². The predicted octanol–water partition coefficient (Wildman–Crippen LogP) is 2.77. The van der Waals surface area contributed by atoms with E-state index in [0.29, 0.717) is 0 Å². The fraction of sp³-hybridized carbons (Fsp3) is 0.182. The molecule has 1 heterocycles. The number of carbonyl (C=O) groups is 1. The highest BCUT2D eigenvalue weighted by Crippen LogP contribution is 2.32. The average molecular weight is 371 g/mol. The number of nitrogens with zero attached hydrogens (tertiary/aromatic N) is 1. The minimum absolute atomic E-state index is 0.173. The number of nitrogens with one attached hydrogen (secondary N) is 2. The van der Waals surface area contributed by atoms with E-state index in [1.54, 1.807) is 13.0 Å². The van der Waals surface area contributed by atoms with Crippen molar-refractivity contribution in [2.45, 2.75) is 17.9 Å². The Hall–Kier alpha value is -1.15. The minimum Gasteiger partial charge on any atom is -0.302 e. The summed E-state index contributed by atoms with van der Waals surface area (Å²) in [5.74, 6) is 0. The van der Waals surface area contributed by atoms with Crippen LogP contribution >= 0.6 is 34.8 Å². The predicted molar refractivity (Wildman–Crippen MR) is 80.8 cm³/mol. The molecule has 2 amide bonds. The molecule has 0 saturated carbocycles. The van der Waals surface area contributed by atoms with Crippen molar-refractivity contribution in [2.24, 2.45) is 0 Å². The van der Waals surface area contributed by atoms with Gasteiger partial charge in [0.15, 0.2) is 0 Å². The second-order valence-corrected chi connectivity index (χ2v) is 7.08. The van der Waals surface area contributed by atoms with Gasteiger partial charge in [0.1, 0.15) is 4.90 Å². The molecule has 1 atom stereocenters. The van der Waals surface area contributed by atoms with Crippen molar-refractivity contribution in [3.05, 3.63) is 39.5 Å². The van der Waals surface area contributed by atoms with Gasteiger partial charge in [-0.15, -0.1) is 0 Å². The van der Waals surface area contributed by atoms with Crippen molar-refractivity contribution in [1.82, 2.24) is 15.2 Å². The standard InChI is InChI=1S/C11H10Cl3N3O3S/c1-6-2-3-15-17(6)11(18)16-21(19,20)10-8(13)4-7(12)5-9(10)14/h2-6,15H,1H3,(H,16,18). The molecule has 1 unspecified atom stereocenters. The van der Waals surface area contributed by atoms with Gasteiger partial charge in [-0.2, -0.15) is 0 Å². The van der Waals surface area contributed by atoms with Gasteiger partial charge in [-0.3, -0.25) is 0 Å². The molecule has 0 bridgehead atoms. The van der Waals surface area contributed by atoms with E-state index in [-0.39, 0.29) is 21.1 Å². The van der Waals surface area contributed by atoms with Crippen molar-refractivity contribution in [2.75, 3.05) is 0 Å². The highest BCUT2D eigenvalue weighted by molar-refractivity contribution is 7.90. The van der Waals surface area contributed by atoms with Crippen LogP contribution in [0.3, 0.4) is 0 Å². The first-order valence-corrected chi connectivity index (χ1v) is 8.27. The first-order valence-electron chi connectivity index (χ1n) is 5.66. The van der Waals surface area contributed by atoms with E-state index in [9.17, 15) is 13.2 Å². The Bertz CT molecular complexity index is 698. The molecule has 0 radical (unpaired) electrons. The van der Waals surface area contributed by atoms with Crippen molar-refractivity contribution in [3.63, 3.8) is 0 Å². The molecule has 0 saturated heterocycles. The molecule has 0 fully saturated rings. The Balaban J connectivity index is 2.29. The average Bonchev–Trinajstić information content (AvgIpc) is 2.72. The lowest BCUT2D eigenvalue weighted by Gasteiger charge is -2.22. The molecule has 1 aromatic carbocycles. The Morgan fingerprint density at radius 1 is 1.29 bits per heavy atom. The summed E-state index contributed by atoms with van der Waals surface area (Å²) in [5.41, 5.74) is 2.61. The van der Waals surface area contributed by atoms with Gasteiger partial charge in [-0.1, -0.05) is 34.8 Å². The fourth-order valence-electron chi connectivity index (χ4n) is 1.71. The van der Waals surface area contributed by atoms with Gasteiger partial charge < -0.3 is 5.43 Å². The third-order valence-corrected chi connectivity index (χ3v) is 5.13. The number of urea groups is 1. The summed E-state index contributed by atoms with van der Waals surface area (Å²) in [6.45, 7) is 1.71. The van der Waals surface area contributed by atoms with Crippen LogP contribution in [0.4, 0.5) is 4.79 Å². The SMILES string of the molecule is CC1C=CNN1C(=O)NS(=O)(=O)c1c(Cl)cc(Cl)cc1Cl. The van der Waals surface area contributed by atoms with E-state index < -0.39 is 20.9 Å². The Labute approximate surface area is 136 Å². The van der Waals surface area contributed by atoms with Crippen LogP contribution in [0.15, 0.2) is 29.3 Å². The Kier molecular flexibility index (Phi) is 4.57. The van der Waals surface area contributed by atoms with E-state index in [1.807, 2.05) is 4.72 Å². The van der Waals surface area contributed by atoms with Gasteiger partial charge in [-0.25, -0.2) is 22.9 Å². The highest BCUT2D eigenvalue weighted by atomic mass is 35.5. The van der Waals surface area contributed by atoms with Gasteiger partial charge >= 0.3 is 6.03 Å². The third-order valence-electron chi connectivity index (χ3n) is 2.67. The molecule has 1 aliphatic heterocycles. The number of hydrazine groups is 1. The molecule has 1 aliphatic rings. The summed E-state index contributed by atoms with van der Waals surface area (Å²) >= 11 is 17.4. The molecule has 2 N–H and O–H groups in total. The lowest BCUT2D eigenvalue weighted by Crippen LogP contribution is -2.49. The molecule has 0 aliphatic carbocycles. The van der Waals surface area contributed by atoms with E-state index in [1.165, 1.54) is 18.3 Å². The second kappa shape index (κ2) is 5.92. The van der Waals surface area contributed by atoms with Gasteiger partial charge in [0.25, 0.3) is 10.0 Å². The summed E-state index contributed by atoms with van der Waals surface area (Å²) in [7, 11) is -4.23. The topological polar surface area (TPSA) is 78.5 Å². The van der Waals surface area contributed by atoms with Crippen LogP contribution in [0.2, 0.25) is 15.1 Å². The summed E-state index contributed by atoms with van der Waals surface area (Å²) in [5, 5.41) is 0.950. The zero-order chi connectivity index (χ0) is 15.8. The quantitative estimate of drug-likeness (QED) is 0.839. The zero-order valence-electron chi connectivity index (χ0n) is 10.6. The molecule has 114 valence electrons. The van der Waals surface area contributed by atoms with E-state index in [0.717, 1.165) is 5.01 Å². The van der Waals surface area contributed by atoms with Crippen LogP contribution in [-0.2, 0) is 10.0 Å². The molecule has 0 aromatic heterocycles. The fourth-order valence-corrected chi connectivity index (χ4v) is 4.20. The normalized spacial score (nSPS) is 17.7. The minimum atomic E-state index is -4.23. The molecule has 21 heavy (non-hydrogen) atoms. The monoisotopic (exact) mass is 369 g/mol. The number of benzene rings is 1. The number of amides is 2. The number of hydrogen-bond acceptors (Lipinski definition) is 4. The molecular weight excluding hydrogens is 361 g/mol. The molecular formula is C11H10Cl3N3O3S. The van der Waals surface area contributed by atoms with Gasteiger partial charge in [0.05, 0.1) is 16.1 Å². The van der Waals surface area contributed by atoms with Crippen LogP contribution in [-0.4, -0.2) is 25.5 Å². The van der Waals surface area contributed by atoms with Gasteiger partial charge in [-0.05, 0) is 25.1 Å². The van der Waals surface area contributed by atoms with Crippen LogP contribution in [0, 0.1) is 0 Å². The lowest BCUT2D eigenvalue weighted by atomic mass is 10.3. The number of sulfonamides is 1.